The smallest absolute Gasteiger partial charge is 0.255 e. The molecule has 29 heavy (non-hydrogen) atoms. The topological polar surface area (TPSA) is 70.2 Å². The van der Waals surface area contributed by atoms with Crippen LogP contribution in [0.1, 0.15) is 34.5 Å². The minimum absolute atomic E-state index is 0.106. The van der Waals surface area contributed by atoms with Gasteiger partial charge in [-0.3, -0.25) is 4.79 Å². The van der Waals surface area contributed by atoms with Crippen LogP contribution in [0.4, 0.5) is 23.1 Å². The first-order chi connectivity index (χ1) is 14.1. The van der Waals surface area contributed by atoms with Gasteiger partial charge in [-0.25, -0.2) is 4.98 Å². The van der Waals surface area contributed by atoms with E-state index in [-0.39, 0.29) is 5.91 Å². The number of aromatic nitrogens is 2. The number of hydrogen-bond acceptors (Lipinski definition) is 5. The van der Waals surface area contributed by atoms with E-state index in [2.05, 4.69) is 25.5 Å². The number of nitrogens with zero attached hydrogens (tertiary/aromatic N) is 3. The van der Waals surface area contributed by atoms with Crippen molar-refractivity contribution >= 4 is 29.0 Å². The van der Waals surface area contributed by atoms with Gasteiger partial charge in [0.15, 0.2) is 0 Å². The number of anilines is 4. The largest absolute Gasteiger partial charge is 0.341 e. The quantitative estimate of drug-likeness (QED) is 0.665. The van der Waals surface area contributed by atoms with Crippen LogP contribution in [0.25, 0.3) is 0 Å². The van der Waals surface area contributed by atoms with Gasteiger partial charge in [0.1, 0.15) is 5.82 Å². The summed E-state index contributed by atoms with van der Waals surface area (Å²) >= 11 is 0. The van der Waals surface area contributed by atoms with E-state index < -0.39 is 0 Å². The molecular weight excluding hydrogens is 362 g/mol. The molecule has 1 fully saturated rings. The van der Waals surface area contributed by atoms with Crippen LogP contribution in [0.2, 0.25) is 0 Å². The Kier molecular flexibility index (Phi) is 5.42. The van der Waals surface area contributed by atoms with Gasteiger partial charge in [0.05, 0.1) is 0 Å². The molecule has 148 valence electrons. The molecule has 0 unspecified atom stereocenters. The number of rotatable bonds is 5. The fourth-order valence-electron chi connectivity index (χ4n) is 3.49. The second-order valence-corrected chi connectivity index (χ2v) is 7.36. The molecule has 2 heterocycles. The molecule has 0 radical (unpaired) electrons. The minimum atomic E-state index is -0.106. The van der Waals surface area contributed by atoms with Gasteiger partial charge in [0.25, 0.3) is 5.91 Å². The molecule has 4 rings (SSSR count). The first-order valence-corrected chi connectivity index (χ1v) is 9.93. The maximum Gasteiger partial charge on any atom is 0.255 e. The molecule has 3 aromatic rings. The number of hydrogen-bond donors (Lipinski definition) is 2. The Morgan fingerprint density at radius 2 is 1.62 bits per heavy atom. The van der Waals surface area contributed by atoms with E-state index in [1.165, 1.54) is 12.8 Å². The van der Waals surface area contributed by atoms with Gasteiger partial charge in [0, 0.05) is 41.8 Å². The van der Waals surface area contributed by atoms with E-state index in [0.29, 0.717) is 5.56 Å². The molecular formula is C23H25N5O. The van der Waals surface area contributed by atoms with E-state index in [0.717, 1.165) is 47.5 Å². The highest BCUT2D eigenvalue weighted by molar-refractivity contribution is 6.05. The fourth-order valence-corrected chi connectivity index (χ4v) is 3.49. The molecule has 1 aliphatic rings. The molecule has 0 atom stereocenters. The third-order valence-electron chi connectivity index (χ3n) is 5.04. The van der Waals surface area contributed by atoms with Crippen LogP contribution in [-0.2, 0) is 0 Å². The van der Waals surface area contributed by atoms with Gasteiger partial charge in [-0.05, 0) is 62.6 Å². The number of carbonyl (C=O) groups excluding carboxylic acids is 1. The van der Waals surface area contributed by atoms with Gasteiger partial charge in [0.2, 0.25) is 5.95 Å². The molecule has 2 N–H and O–H groups in total. The van der Waals surface area contributed by atoms with Gasteiger partial charge in [-0.1, -0.05) is 18.2 Å². The molecule has 2 aromatic carbocycles. The lowest BCUT2D eigenvalue weighted by molar-refractivity contribution is 0.102. The van der Waals surface area contributed by atoms with Crippen LogP contribution < -0.4 is 15.5 Å². The standard InChI is InChI=1S/C23H25N5O/c1-16-7-3-4-8-20(16)22(29)26-19-11-9-18(10-12-19)25-21-15-17(2)24-23(27-21)28-13-5-6-14-28/h3-4,7-12,15H,5-6,13-14H2,1-2H3,(H,26,29)(H,24,25,27). The number of amides is 1. The molecule has 1 aliphatic heterocycles. The highest BCUT2D eigenvalue weighted by Gasteiger charge is 2.16. The zero-order valence-corrected chi connectivity index (χ0v) is 16.8. The summed E-state index contributed by atoms with van der Waals surface area (Å²) in [6, 6.07) is 17.1. The maximum absolute atomic E-state index is 12.5. The molecule has 0 spiro atoms. The Bertz CT molecular complexity index is 1010. The SMILES string of the molecule is Cc1cc(Nc2ccc(NC(=O)c3ccccc3C)cc2)nc(N2CCCC2)n1. The highest BCUT2D eigenvalue weighted by atomic mass is 16.1. The van der Waals surface area contributed by atoms with Crippen molar-refractivity contribution in [3.05, 3.63) is 71.4 Å². The van der Waals surface area contributed by atoms with Crippen molar-refractivity contribution < 1.29 is 4.79 Å². The number of aryl methyl sites for hydroxylation is 2. The third-order valence-corrected chi connectivity index (χ3v) is 5.04. The van der Waals surface area contributed by atoms with Crippen LogP contribution >= 0.6 is 0 Å². The summed E-state index contributed by atoms with van der Waals surface area (Å²) < 4.78 is 0. The monoisotopic (exact) mass is 387 g/mol. The Morgan fingerprint density at radius 1 is 0.931 bits per heavy atom. The van der Waals surface area contributed by atoms with Gasteiger partial charge >= 0.3 is 0 Å². The van der Waals surface area contributed by atoms with E-state index in [1.54, 1.807) is 0 Å². The summed E-state index contributed by atoms with van der Waals surface area (Å²) in [5, 5.41) is 6.29. The highest BCUT2D eigenvalue weighted by Crippen LogP contribution is 2.22. The van der Waals surface area contributed by atoms with E-state index in [4.69, 9.17) is 0 Å². The van der Waals surface area contributed by atoms with Crippen molar-refractivity contribution in [3.63, 3.8) is 0 Å². The molecule has 6 nitrogen and oxygen atoms in total. The maximum atomic E-state index is 12.5. The van der Waals surface area contributed by atoms with Crippen LogP contribution in [0.15, 0.2) is 54.6 Å². The van der Waals surface area contributed by atoms with Gasteiger partial charge in [-0.15, -0.1) is 0 Å². The van der Waals surface area contributed by atoms with Crippen molar-refractivity contribution in [3.8, 4) is 0 Å². The van der Waals surface area contributed by atoms with Crippen LogP contribution in [0.5, 0.6) is 0 Å². The molecule has 6 heteroatoms. The summed E-state index contributed by atoms with van der Waals surface area (Å²) in [6.07, 6.45) is 2.38. The predicted molar refractivity (Wildman–Crippen MR) is 117 cm³/mol. The number of carbonyl (C=O) groups is 1. The van der Waals surface area contributed by atoms with Crippen molar-refractivity contribution in [1.82, 2.24) is 9.97 Å². The molecule has 1 saturated heterocycles. The second-order valence-electron chi connectivity index (χ2n) is 7.36. The lowest BCUT2D eigenvalue weighted by atomic mass is 10.1. The summed E-state index contributed by atoms with van der Waals surface area (Å²) in [6.45, 7) is 5.94. The average molecular weight is 387 g/mol. The van der Waals surface area contributed by atoms with Crippen LogP contribution in [0.3, 0.4) is 0 Å². The Balaban J connectivity index is 1.45. The Hall–Kier alpha value is -3.41. The summed E-state index contributed by atoms with van der Waals surface area (Å²) in [5.41, 5.74) is 4.23. The van der Waals surface area contributed by atoms with E-state index >= 15 is 0 Å². The predicted octanol–water partition coefficient (Wildman–Crippen LogP) is 4.69. The third kappa shape index (κ3) is 4.54. The Labute approximate surface area is 171 Å². The molecule has 1 amide bonds. The van der Waals surface area contributed by atoms with Crippen molar-refractivity contribution in [2.75, 3.05) is 28.6 Å². The summed E-state index contributed by atoms with van der Waals surface area (Å²) in [4.78, 5) is 23.9. The van der Waals surface area contributed by atoms with Crippen molar-refractivity contribution in [2.45, 2.75) is 26.7 Å². The van der Waals surface area contributed by atoms with E-state index in [9.17, 15) is 4.79 Å². The summed E-state index contributed by atoms with van der Waals surface area (Å²) in [7, 11) is 0. The summed E-state index contributed by atoms with van der Waals surface area (Å²) in [5.74, 6) is 1.45. The zero-order chi connectivity index (χ0) is 20.2. The first kappa shape index (κ1) is 18.9. The molecule has 0 aliphatic carbocycles. The van der Waals surface area contributed by atoms with Crippen molar-refractivity contribution in [2.24, 2.45) is 0 Å². The second kappa shape index (κ2) is 8.31. The lowest BCUT2D eigenvalue weighted by Crippen LogP contribution is -2.21. The lowest BCUT2D eigenvalue weighted by Gasteiger charge is -2.17. The van der Waals surface area contributed by atoms with Crippen LogP contribution in [0, 0.1) is 13.8 Å². The van der Waals surface area contributed by atoms with E-state index in [1.807, 2.05) is 68.4 Å². The Morgan fingerprint density at radius 3 is 2.34 bits per heavy atom. The molecule has 0 saturated carbocycles. The number of nitrogens with one attached hydrogen (secondary N) is 2. The fraction of sp³-hybridized carbons (Fsp3) is 0.261. The zero-order valence-electron chi connectivity index (χ0n) is 16.8. The normalized spacial score (nSPS) is 13.4. The number of benzene rings is 2. The first-order valence-electron chi connectivity index (χ1n) is 9.93. The molecule has 0 bridgehead atoms. The average Bonchev–Trinajstić information content (AvgIpc) is 3.24. The van der Waals surface area contributed by atoms with Crippen LogP contribution in [-0.4, -0.2) is 29.0 Å². The molecule has 1 aromatic heterocycles. The van der Waals surface area contributed by atoms with Crippen molar-refractivity contribution in [1.29, 1.82) is 0 Å². The minimum Gasteiger partial charge on any atom is -0.341 e. The van der Waals surface area contributed by atoms with Gasteiger partial charge < -0.3 is 15.5 Å². The van der Waals surface area contributed by atoms with Gasteiger partial charge in [-0.2, -0.15) is 4.98 Å².